The molecule has 3 atom stereocenters. The number of hydrogen-bond donors (Lipinski definition) is 1. The van der Waals surface area contributed by atoms with Gasteiger partial charge in [0.15, 0.2) is 0 Å². The highest BCUT2D eigenvalue weighted by atomic mass is 16.5. The summed E-state index contributed by atoms with van der Waals surface area (Å²) >= 11 is 0. The summed E-state index contributed by atoms with van der Waals surface area (Å²) in [5, 5.41) is 12.9. The molecule has 2 nitrogen and oxygen atoms in total. The SMILES string of the molecule is CC1OCCC1C(O)c1cccc2ccccc12. The van der Waals surface area contributed by atoms with E-state index in [9.17, 15) is 5.11 Å². The van der Waals surface area contributed by atoms with Gasteiger partial charge in [-0.1, -0.05) is 42.5 Å². The second kappa shape index (κ2) is 4.71. The summed E-state index contributed by atoms with van der Waals surface area (Å²) in [6.07, 6.45) is 0.638. The zero-order valence-corrected chi connectivity index (χ0v) is 10.5. The predicted molar refractivity (Wildman–Crippen MR) is 72.4 cm³/mol. The Kier molecular flexibility index (Phi) is 3.06. The van der Waals surface area contributed by atoms with Crippen molar-refractivity contribution in [2.75, 3.05) is 6.61 Å². The minimum atomic E-state index is -0.436. The number of hydrogen-bond acceptors (Lipinski definition) is 2. The highest BCUT2D eigenvalue weighted by molar-refractivity contribution is 5.86. The number of ether oxygens (including phenoxy) is 1. The molecule has 0 saturated carbocycles. The molecule has 0 aromatic heterocycles. The summed E-state index contributed by atoms with van der Waals surface area (Å²) in [7, 11) is 0. The molecule has 18 heavy (non-hydrogen) atoms. The number of fused-ring (bicyclic) bond motifs is 1. The fraction of sp³-hybridized carbons (Fsp3) is 0.375. The van der Waals surface area contributed by atoms with E-state index in [1.54, 1.807) is 0 Å². The van der Waals surface area contributed by atoms with Crippen molar-refractivity contribution in [3.8, 4) is 0 Å². The van der Waals surface area contributed by atoms with Crippen LogP contribution >= 0.6 is 0 Å². The molecule has 0 amide bonds. The Balaban J connectivity index is 2.03. The van der Waals surface area contributed by atoms with Crippen LogP contribution in [0.3, 0.4) is 0 Å². The van der Waals surface area contributed by atoms with Crippen LogP contribution in [0.25, 0.3) is 10.8 Å². The fourth-order valence-electron chi connectivity index (χ4n) is 2.90. The van der Waals surface area contributed by atoms with E-state index in [1.165, 1.54) is 5.39 Å². The van der Waals surface area contributed by atoms with Crippen molar-refractivity contribution >= 4 is 10.8 Å². The van der Waals surface area contributed by atoms with Crippen molar-refractivity contribution in [2.45, 2.75) is 25.6 Å². The third-order valence-corrected chi connectivity index (χ3v) is 3.98. The average Bonchev–Trinajstić information content (AvgIpc) is 2.83. The molecule has 1 heterocycles. The molecule has 0 spiro atoms. The van der Waals surface area contributed by atoms with Crippen molar-refractivity contribution in [1.82, 2.24) is 0 Å². The first-order valence-electron chi connectivity index (χ1n) is 6.54. The van der Waals surface area contributed by atoms with Crippen LogP contribution in [0.4, 0.5) is 0 Å². The average molecular weight is 242 g/mol. The van der Waals surface area contributed by atoms with Crippen LogP contribution < -0.4 is 0 Å². The largest absolute Gasteiger partial charge is 0.388 e. The molecule has 1 aliphatic rings. The Bertz CT molecular complexity index is 544. The van der Waals surface area contributed by atoms with Crippen LogP contribution in [0.2, 0.25) is 0 Å². The second-order valence-corrected chi connectivity index (χ2v) is 5.04. The molecule has 1 aliphatic heterocycles. The van der Waals surface area contributed by atoms with Gasteiger partial charge in [-0.3, -0.25) is 0 Å². The van der Waals surface area contributed by atoms with Gasteiger partial charge in [-0.15, -0.1) is 0 Å². The fourth-order valence-corrected chi connectivity index (χ4v) is 2.90. The Labute approximate surface area is 107 Å². The maximum atomic E-state index is 10.6. The van der Waals surface area contributed by atoms with Crippen LogP contribution in [-0.4, -0.2) is 17.8 Å². The minimum Gasteiger partial charge on any atom is -0.388 e. The van der Waals surface area contributed by atoms with Gasteiger partial charge in [0.2, 0.25) is 0 Å². The van der Waals surface area contributed by atoms with Crippen LogP contribution in [0.5, 0.6) is 0 Å². The van der Waals surface area contributed by atoms with Gasteiger partial charge < -0.3 is 9.84 Å². The summed E-state index contributed by atoms with van der Waals surface area (Å²) in [5.74, 6) is 0.204. The molecule has 1 N–H and O–H groups in total. The van der Waals surface area contributed by atoms with Crippen LogP contribution in [0.1, 0.15) is 25.0 Å². The van der Waals surface area contributed by atoms with Crippen LogP contribution in [-0.2, 0) is 4.74 Å². The van der Waals surface area contributed by atoms with Gasteiger partial charge in [0.25, 0.3) is 0 Å². The van der Waals surface area contributed by atoms with Gasteiger partial charge >= 0.3 is 0 Å². The number of benzene rings is 2. The van der Waals surface area contributed by atoms with Crippen LogP contribution in [0, 0.1) is 5.92 Å². The predicted octanol–water partition coefficient (Wildman–Crippen LogP) is 3.30. The van der Waals surface area contributed by atoms with Gasteiger partial charge in [0.1, 0.15) is 0 Å². The molecule has 2 aromatic rings. The van der Waals surface area contributed by atoms with E-state index >= 15 is 0 Å². The lowest BCUT2D eigenvalue weighted by molar-refractivity contribution is 0.0438. The molecule has 2 aromatic carbocycles. The van der Waals surface area contributed by atoms with Gasteiger partial charge in [0.05, 0.1) is 12.2 Å². The molecular weight excluding hydrogens is 224 g/mol. The van der Waals surface area contributed by atoms with Gasteiger partial charge in [-0.25, -0.2) is 0 Å². The van der Waals surface area contributed by atoms with E-state index in [1.807, 2.05) is 31.2 Å². The van der Waals surface area contributed by atoms with Crippen LogP contribution in [0.15, 0.2) is 42.5 Å². The molecule has 2 heteroatoms. The molecule has 1 fully saturated rings. The first-order chi connectivity index (χ1) is 8.77. The summed E-state index contributed by atoms with van der Waals surface area (Å²) in [6, 6.07) is 14.3. The lowest BCUT2D eigenvalue weighted by atomic mass is 9.88. The first-order valence-corrected chi connectivity index (χ1v) is 6.54. The summed E-state index contributed by atoms with van der Waals surface area (Å²) in [4.78, 5) is 0. The van der Waals surface area contributed by atoms with Crippen molar-refractivity contribution in [1.29, 1.82) is 0 Å². The molecule has 0 aliphatic carbocycles. The monoisotopic (exact) mass is 242 g/mol. The van der Waals surface area contributed by atoms with E-state index in [2.05, 4.69) is 18.2 Å². The highest BCUT2D eigenvalue weighted by Gasteiger charge is 2.32. The van der Waals surface area contributed by atoms with Gasteiger partial charge in [-0.05, 0) is 29.7 Å². The number of aliphatic hydroxyl groups excluding tert-OH is 1. The quantitative estimate of drug-likeness (QED) is 0.875. The van der Waals surface area contributed by atoms with Crippen molar-refractivity contribution in [3.05, 3.63) is 48.0 Å². The smallest absolute Gasteiger partial charge is 0.0849 e. The zero-order valence-electron chi connectivity index (χ0n) is 10.5. The highest BCUT2D eigenvalue weighted by Crippen LogP contribution is 2.36. The summed E-state index contributed by atoms with van der Waals surface area (Å²) in [5.41, 5.74) is 1.02. The van der Waals surface area contributed by atoms with E-state index in [4.69, 9.17) is 4.74 Å². The van der Waals surface area contributed by atoms with E-state index < -0.39 is 6.10 Å². The van der Waals surface area contributed by atoms with E-state index in [0.29, 0.717) is 0 Å². The molecule has 3 unspecified atom stereocenters. The molecule has 94 valence electrons. The van der Waals surface area contributed by atoms with E-state index in [-0.39, 0.29) is 12.0 Å². The molecule has 1 saturated heterocycles. The Morgan fingerprint density at radius 1 is 1.17 bits per heavy atom. The lowest BCUT2D eigenvalue weighted by Gasteiger charge is -2.22. The van der Waals surface area contributed by atoms with E-state index in [0.717, 1.165) is 24.0 Å². The minimum absolute atomic E-state index is 0.138. The molecule has 0 radical (unpaired) electrons. The Hall–Kier alpha value is -1.38. The van der Waals surface area contributed by atoms with Crippen molar-refractivity contribution in [3.63, 3.8) is 0 Å². The maximum Gasteiger partial charge on any atom is 0.0849 e. The Morgan fingerprint density at radius 2 is 1.94 bits per heavy atom. The summed E-state index contributed by atoms with van der Waals surface area (Å²) < 4.78 is 5.56. The topological polar surface area (TPSA) is 29.5 Å². The first kappa shape index (κ1) is 11.7. The number of aliphatic hydroxyl groups is 1. The Morgan fingerprint density at radius 3 is 2.72 bits per heavy atom. The number of rotatable bonds is 2. The van der Waals surface area contributed by atoms with Gasteiger partial charge in [-0.2, -0.15) is 0 Å². The zero-order chi connectivity index (χ0) is 12.5. The third kappa shape index (κ3) is 1.92. The molecular formula is C16H18O2. The normalized spacial score (nSPS) is 25.4. The maximum absolute atomic E-state index is 10.6. The van der Waals surface area contributed by atoms with Gasteiger partial charge in [0, 0.05) is 12.5 Å². The van der Waals surface area contributed by atoms with Crippen molar-refractivity contribution in [2.24, 2.45) is 5.92 Å². The molecule has 3 rings (SSSR count). The lowest BCUT2D eigenvalue weighted by Crippen LogP contribution is -2.19. The standard InChI is InChI=1S/C16H18O2/c1-11-13(9-10-18-11)16(17)15-8-4-6-12-5-2-3-7-14(12)15/h2-8,11,13,16-17H,9-10H2,1H3. The van der Waals surface area contributed by atoms with Crippen molar-refractivity contribution < 1.29 is 9.84 Å². The second-order valence-electron chi connectivity index (χ2n) is 5.04. The third-order valence-electron chi connectivity index (χ3n) is 3.98. The summed E-state index contributed by atoms with van der Waals surface area (Å²) in [6.45, 7) is 2.81. The molecule has 0 bridgehead atoms.